The van der Waals surface area contributed by atoms with Crippen LogP contribution in [0, 0.1) is 0 Å². The van der Waals surface area contributed by atoms with E-state index in [1.165, 1.54) is 38.5 Å². The predicted molar refractivity (Wildman–Crippen MR) is 119 cm³/mol. The number of ether oxygens (including phenoxy) is 2. The highest BCUT2D eigenvalue weighted by Gasteiger charge is 2.22. The van der Waals surface area contributed by atoms with Gasteiger partial charge in [-0.05, 0) is 12.8 Å². The highest BCUT2D eigenvalue weighted by Crippen LogP contribution is 2.35. The highest BCUT2D eigenvalue weighted by atomic mass is 31.2. The molecule has 0 spiro atoms. The number of phosphoric ester groups is 1. The molecule has 9 heteroatoms. The molecule has 0 aliphatic carbocycles. The van der Waals surface area contributed by atoms with Crippen LogP contribution in [0.2, 0.25) is 0 Å². The van der Waals surface area contributed by atoms with Gasteiger partial charge in [-0.25, -0.2) is 4.57 Å². The van der Waals surface area contributed by atoms with E-state index in [2.05, 4.69) is 18.4 Å². The van der Waals surface area contributed by atoms with Gasteiger partial charge in [0.1, 0.15) is 6.61 Å². The Bertz CT molecular complexity index is 506. The van der Waals surface area contributed by atoms with Gasteiger partial charge in [0.15, 0.2) is 6.10 Å². The number of hydrogen-bond acceptors (Lipinski definition) is 6. The molecule has 31 heavy (non-hydrogen) atoms. The monoisotopic (exact) mass is 466 g/mol. The third-order valence-corrected chi connectivity index (χ3v) is 5.36. The van der Waals surface area contributed by atoms with Gasteiger partial charge in [-0.2, -0.15) is 0 Å². The summed E-state index contributed by atoms with van der Waals surface area (Å²) < 4.78 is 25.7. The normalized spacial score (nSPS) is 12.5. The summed E-state index contributed by atoms with van der Waals surface area (Å²) in [6, 6.07) is 0. The first-order chi connectivity index (χ1) is 14.8. The molecule has 1 atom stereocenters. The van der Waals surface area contributed by atoms with Gasteiger partial charge >= 0.3 is 19.8 Å². The maximum atomic E-state index is 11.9. The van der Waals surface area contributed by atoms with Gasteiger partial charge in [0.2, 0.25) is 0 Å². The van der Waals surface area contributed by atoms with Gasteiger partial charge in [-0.15, -0.1) is 0 Å². The largest absolute Gasteiger partial charge is 0.469 e. The molecule has 0 aromatic carbocycles. The van der Waals surface area contributed by atoms with Crippen molar-refractivity contribution in [3.05, 3.63) is 0 Å². The van der Waals surface area contributed by atoms with Crippen LogP contribution in [0.15, 0.2) is 0 Å². The van der Waals surface area contributed by atoms with Gasteiger partial charge in [0, 0.05) is 12.8 Å². The average molecular weight is 467 g/mol. The van der Waals surface area contributed by atoms with Crippen LogP contribution in [0.5, 0.6) is 0 Å². The van der Waals surface area contributed by atoms with Crippen molar-refractivity contribution in [1.82, 2.24) is 0 Å². The molecule has 0 bridgehead atoms. The van der Waals surface area contributed by atoms with E-state index in [0.717, 1.165) is 38.5 Å². The molecule has 0 heterocycles. The van der Waals surface area contributed by atoms with E-state index >= 15 is 0 Å². The third kappa shape index (κ3) is 22.0. The molecule has 0 aliphatic heterocycles. The lowest BCUT2D eigenvalue weighted by Gasteiger charge is -2.18. The molecule has 0 aromatic rings. The smallest absolute Gasteiger partial charge is 0.462 e. The van der Waals surface area contributed by atoms with Crippen LogP contribution in [0.1, 0.15) is 110 Å². The molecule has 0 amide bonds. The summed E-state index contributed by atoms with van der Waals surface area (Å²) in [5.41, 5.74) is 0. The molecule has 0 radical (unpaired) electrons. The second kappa shape index (κ2) is 19.7. The van der Waals surface area contributed by atoms with Crippen LogP contribution >= 0.6 is 7.82 Å². The quantitative estimate of drug-likeness (QED) is 0.130. The molecule has 0 aliphatic rings. The molecule has 0 saturated carbocycles. The molecular weight excluding hydrogens is 423 g/mol. The van der Waals surface area contributed by atoms with E-state index in [0.29, 0.717) is 6.42 Å². The van der Waals surface area contributed by atoms with Crippen molar-refractivity contribution in [3.8, 4) is 0 Å². The molecule has 0 fully saturated rings. The van der Waals surface area contributed by atoms with Crippen molar-refractivity contribution in [1.29, 1.82) is 0 Å². The molecule has 0 saturated heterocycles. The number of carbonyl (C=O) groups excluding carboxylic acids is 2. The third-order valence-electron chi connectivity index (χ3n) is 4.88. The zero-order chi connectivity index (χ0) is 23.4. The predicted octanol–water partition coefficient (Wildman–Crippen LogP) is 5.44. The number of unbranched alkanes of at least 4 members (excludes halogenated alkanes) is 11. The molecule has 0 unspecified atom stereocenters. The van der Waals surface area contributed by atoms with E-state index in [1.807, 2.05) is 0 Å². The SMILES string of the molecule is CCCCCCCCCCCC(=O)OC[C@H](COP(=O)(O)O)OC(=O)CCCCCC. The van der Waals surface area contributed by atoms with Crippen LogP contribution in [0.3, 0.4) is 0 Å². The van der Waals surface area contributed by atoms with Gasteiger partial charge in [0.25, 0.3) is 0 Å². The van der Waals surface area contributed by atoms with Crippen molar-refractivity contribution in [2.24, 2.45) is 0 Å². The Morgan fingerprint density at radius 3 is 1.68 bits per heavy atom. The second-order valence-electron chi connectivity index (χ2n) is 7.97. The van der Waals surface area contributed by atoms with Crippen LogP contribution in [-0.2, 0) is 28.2 Å². The summed E-state index contributed by atoms with van der Waals surface area (Å²) in [5, 5.41) is 0. The number of rotatable bonds is 21. The summed E-state index contributed by atoms with van der Waals surface area (Å²) in [4.78, 5) is 41.6. The van der Waals surface area contributed by atoms with E-state index in [4.69, 9.17) is 19.3 Å². The first-order valence-electron chi connectivity index (χ1n) is 11.8. The lowest BCUT2D eigenvalue weighted by molar-refractivity contribution is -0.161. The van der Waals surface area contributed by atoms with E-state index < -0.39 is 32.5 Å². The van der Waals surface area contributed by atoms with Crippen molar-refractivity contribution in [2.45, 2.75) is 116 Å². The highest BCUT2D eigenvalue weighted by molar-refractivity contribution is 7.46. The molecule has 0 rings (SSSR count). The maximum absolute atomic E-state index is 11.9. The summed E-state index contributed by atoms with van der Waals surface area (Å²) >= 11 is 0. The molecule has 2 N–H and O–H groups in total. The van der Waals surface area contributed by atoms with Crippen LogP contribution < -0.4 is 0 Å². The van der Waals surface area contributed by atoms with Crippen LogP contribution in [-0.4, -0.2) is 41.0 Å². The fourth-order valence-corrected chi connectivity index (χ4v) is 3.44. The summed E-state index contributed by atoms with van der Waals surface area (Å²) in [7, 11) is -4.71. The first kappa shape index (κ1) is 30.0. The summed E-state index contributed by atoms with van der Waals surface area (Å²) in [6.07, 6.45) is 13.4. The zero-order valence-electron chi connectivity index (χ0n) is 19.4. The number of hydrogen-bond donors (Lipinski definition) is 2. The van der Waals surface area contributed by atoms with Crippen LogP contribution in [0.25, 0.3) is 0 Å². The molecular formula is C22H43O8P. The summed E-state index contributed by atoms with van der Waals surface area (Å²) in [5.74, 6) is -0.909. The second-order valence-corrected chi connectivity index (χ2v) is 9.21. The van der Waals surface area contributed by atoms with Crippen molar-refractivity contribution in [3.63, 3.8) is 0 Å². The summed E-state index contributed by atoms with van der Waals surface area (Å²) in [6.45, 7) is 3.45. The first-order valence-corrected chi connectivity index (χ1v) is 13.4. The molecule has 184 valence electrons. The van der Waals surface area contributed by atoms with Gasteiger partial charge < -0.3 is 19.3 Å². The number of esters is 2. The van der Waals surface area contributed by atoms with Gasteiger partial charge in [-0.1, -0.05) is 84.5 Å². The lowest BCUT2D eigenvalue weighted by Crippen LogP contribution is -2.29. The van der Waals surface area contributed by atoms with E-state index in [9.17, 15) is 14.2 Å². The Morgan fingerprint density at radius 1 is 0.710 bits per heavy atom. The lowest BCUT2D eigenvalue weighted by atomic mass is 10.1. The van der Waals surface area contributed by atoms with Crippen LogP contribution in [0.4, 0.5) is 0 Å². The van der Waals surface area contributed by atoms with Gasteiger partial charge in [-0.3, -0.25) is 14.1 Å². The fourth-order valence-electron chi connectivity index (χ4n) is 3.08. The average Bonchev–Trinajstić information content (AvgIpc) is 2.71. The zero-order valence-corrected chi connectivity index (χ0v) is 20.3. The molecule has 0 aromatic heterocycles. The number of carbonyl (C=O) groups is 2. The Hall–Kier alpha value is -0.950. The maximum Gasteiger partial charge on any atom is 0.469 e. The molecule has 8 nitrogen and oxygen atoms in total. The fraction of sp³-hybridized carbons (Fsp3) is 0.909. The van der Waals surface area contributed by atoms with E-state index in [1.54, 1.807) is 0 Å². The Morgan fingerprint density at radius 2 is 1.16 bits per heavy atom. The van der Waals surface area contributed by atoms with Gasteiger partial charge in [0.05, 0.1) is 6.61 Å². The Balaban J connectivity index is 4.10. The van der Waals surface area contributed by atoms with Crippen molar-refractivity contribution >= 4 is 19.8 Å². The minimum atomic E-state index is -4.71. The number of phosphoric acid groups is 1. The standard InChI is InChI=1S/C22H43O8P/c1-3-5-7-9-10-11-12-13-15-16-21(23)28-18-20(19-29-31(25,26)27)30-22(24)17-14-8-6-4-2/h20H,3-19H2,1-2H3,(H2,25,26,27)/t20-/m1/s1. The van der Waals surface area contributed by atoms with E-state index in [-0.39, 0.29) is 19.4 Å². The van der Waals surface area contributed by atoms with Crippen molar-refractivity contribution in [2.75, 3.05) is 13.2 Å². The minimum Gasteiger partial charge on any atom is -0.462 e. The Kier molecular flexibility index (Phi) is 19.1. The van der Waals surface area contributed by atoms with Crippen molar-refractivity contribution < 1.29 is 37.9 Å². The topological polar surface area (TPSA) is 119 Å². The minimum absolute atomic E-state index is 0.207. The Labute approximate surface area is 187 Å².